The molecule has 0 heterocycles. The third-order valence-electron chi connectivity index (χ3n) is 5.83. The summed E-state index contributed by atoms with van der Waals surface area (Å²) in [4.78, 5) is 13.3. The molecule has 2 aliphatic rings. The molecule has 3 N–H and O–H groups in total. The van der Waals surface area contributed by atoms with E-state index < -0.39 is 6.10 Å². The van der Waals surface area contributed by atoms with E-state index in [1.165, 1.54) is 0 Å². The molecule has 0 saturated heterocycles. The van der Waals surface area contributed by atoms with Gasteiger partial charge in [-0.2, -0.15) is 0 Å². The van der Waals surface area contributed by atoms with Crippen LogP contribution in [0, 0.1) is 0 Å². The van der Waals surface area contributed by atoms with Crippen LogP contribution in [0.5, 0.6) is 5.75 Å². The van der Waals surface area contributed by atoms with E-state index in [0.29, 0.717) is 17.7 Å². The molecule has 5 heteroatoms. The van der Waals surface area contributed by atoms with Crippen molar-refractivity contribution in [2.75, 3.05) is 13.2 Å². The molecule has 4 rings (SSSR count). The zero-order valence-corrected chi connectivity index (χ0v) is 16.0. The van der Waals surface area contributed by atoms with E-state index in [-0.39, 0.29) is 31.0 Å². The molecule has 2 aromatic carbocycles. The first kappa shape index (κ1) is 18.9. The second kappa shape index (κ2) is 6.85. The lowest BCUT2D eigenvalue weighted by molar-refractivity contribution is 0.0535. The Morgan fingerprint density at radius 1 is 1.11 bits per heavy atom. The van der Waals surface area contributed by atoms with Gasteiger partial charge in [0.1, 0.15) is 18.5 Å². The number of carbonyl (C=O) groups excluding carboxylic acids is 1. The van der Waals surface area contributed by atoms with Crippen molar-refractivity contribution in [2.45, 2.75) is 38.4 Å². The lowest BCUT2D eigenvalue weighted by atomic mass is 9.68. The number of rotatable bonds is 5. The van der Waals surface area contributed by atoms with Gasteiger partial charge in [-0.05, 0) is 52.4 Å². The summed E-state index contributed by atoms with van der Waals surface area (Å²) in [5, 5.41) is 27.9. The number of Topliss-reactive ketones (excluding diaryl/α,β-unsaturated/α-hetero) is 1. The fraction of sp³-hybridized carbons (Fsp3) is 0.348. The first-order valence-electron chi connectivity index (χ1n) is 9.44. The van der Waals surface area contributed by atoms with E-state index in [9.17, 15) is 15.0 Å². The monoisotopic (exact) mass is 380 g/mol. The van der Waals surface area contributed by atoms with E-state index in [1.54, 1.807) is 12.1 Å². The molecular weight excluding hydrogens is 356 g/mol. The zero-order valence-electron chi connectivity index (χ0n) is 16.0. The summed E-state index contributed by atoms with van der Waals surface area (Å²) in [7, 11) is 0. The normalized spacial score (nSPS) is 17.8. The van der Waals surface area contributed by atoms with Crippen molar-refractivity contribution in [1.82, 2.24) is 0 Å². The minimum atomic E-state index is -0.940. The van der Waals surface area contributed by atoms with Crippen molar-refractivity contribution in [1.29, 1.82) is 0 Å². The van der Waals surface area contributed by atoms with E-state index in [2.05, 4.69) is 13.8 Å². The maximum absolute atomic E-state index is 13.3. The molecule has 0 spiro atoms. The minimum Gasteiger partial charge on any atom is -0.491 e. The second-order valence-corrected chi connectivity index (χ2v) is 7.99. The molecule has 0 aromatic heterocycles. The van der Waals surface area contributed by atoms with Crippen molar-refractivity contribution in [3.8, 4) is 5.75 Å². The van der Waals surface area contributed by atoms with Gasteiger partial charge >= 0.3 is 0 Å². The van der Waals surface area contributed by atoms with Crippen LogP contribution >= 0.6 is 0 Å². The Hall–Kier alpha value is -2.47. The Kier molecular flexibility index (Phi) is 4.62. The molecule has 0 bridgehead atoms. The smallest absolute Gasteiger partial charge is 0.193 e. The highest BCUT2D eigenvalue weighted by molar-refractivity contribution is 6.33. The summed E-state index contributed by atoms with van der Waals surface area (Å²) in [6, 6.07) is 11.2. The number of hydrogen-bond acceptors (Lipinski definition) is 5. The molecule has 0 amide bonds. The summed E-state index contributed by atoms with van der Waals surface area (Å²) in [5.41, 5.74) is 5.96. The molecule has 0 aliphatic heterocycles. The van der Waals surface area contributed by atoms with Crippen LogP contribution in [0.2, 0.25) is 0 Å². The average molecular weight is 380 g/mol. The van der Waals surface area contributed by atoms with Gasteiger partial charge in [-0.1, -0.05) is 32.0 Å². The second-order valence-electron chi connectivity index (χ2n) is 7.99. The maximum atomic E-state index is 13.3. The molecular formula is C23H24O5. The highest BCUT2D eigenvalue weighted by Crippen LogP contribution is 2.50. The summed E-state index contributed by atoms with van der Waals surface area (Å²) in [5.74, 6) is 0.580. The van der Waals surface area contributed by atoms with E-state index in [1.807, 2.05) is 24.3 Å². The van der Waals surface area contributed by atoms with Crippen molar-refractivity contribution >= 4 is 11.4 Å². The number of allylic oxidation sites excluding steroid dienone is 2. The van der Waals surface area contributed by atoms with Crippen molar-refractivity contribution < 1.29 is 24.9 Å². The number of fused-ring (bicyclic) bond motifs is 3. The summed E-state index contributed by atoms with van der Waals surface area (Å²) in [6.45, 7) is 3.83. The zero-order chi connectivity index (χ0) is 20.1. The van der Waals surface area contributed by atoms with Gasteiger partial charge in [0.25, 0.3) is 0 Å². The number of benzene rings is 2. The maximum Gasteiger partial charge on any atom is 0.193 e. The molecule has 0 radical (unpaired) electrons. The molecule has 28 heavy (non-hydrogen) atoms. The Balaban J connectivity index is 1.74. The van der Waals surface area contributed by atoms with Gasteiger partial charge in [0, 0.05) is 16.6 Å². The minimum absolute atomic E-state index is 0.00696. The molecule has 2 aliphatic carbocycles. The van der Waals surface area contributed by atoms with Crippen LogP contribution in [0.25, 0.3) is 5.57 Å². The highest BCUT2D eigenvalue weighted by Gasteiger charge is 2.42. The van der Waals surface area contributed by atoms with Crippen LogP contribution in [0.1, 0.15) is 46.5 Å². The Morgan fingerprint density at radius 2 is 1.86 bits per heavy atom. The van der Waals surface area contributed by atoms with Gasteiger partial charge < -0.3 is 20.1 Å². The highest BCUT2D eigenvalue weighted by atomic mass is 16.5. The number of ketones is 1. The van der Waals surface area contributed by atoms with Crippen LogP contribution in [0.3, 0.4) is 0 Å². The predicted octanol–water partition coefficient (Wildman–Crippen LogP) is 2.39. The number of hydrogen-bond donors (Lipinski definition) is 3. The number of ether oxygens (including phenoxy) is 1. The average Bonchev–Trinajstić information content (AvgIpc) is 3.10. The van der Waals surface area contributed by atoms with E-state index in [0.717, 1.165) is 33.4 Å². The van der Waals surface area contributed by atoms with E-state index >= 15 is 0 Å². The van der Waals surface area contributed by atoms with Crippen molar-refractivity contribution in [2.24, 2.45) is 0 Å². The standard InChI is InChI=1S/C23H24O5/c1-23(2)19-9-16(28-12-15(26)11-25)4-6-18(19)22(27)21-17-5-3-13(10-24)7-14(17)8-20(21)23/h3-7,9,15,24-26H,8,10-12H2,1-2H3/t15-/m1/s1. The quantitative estimate of drug-likeness (QED) is 0.742. The first-order valence-corrected chi connectivity index (χ1v) is 9.44. The van der Waals surface area contributed by atoms with Crippen LogP contribution in [0.15, 0.2) is 42.0 Å². The summed E-state index contributed by atoms with van der Waals surface area (Å²) in [6.07, 6.45) is -0.254. The summed E-state index contributed by atoms with van der Waals surface area (Å²) < 4.78 is 5.59. The Labute approximate surface area is 163 Å². The molecule has 0 unspecified atom stereocenters. The lowest BCUT2D eigenvalue weighted by Gasteiger charge is -2.34. The van der Waals surface area contributed by atoms with Crippen molar-refractivity contribution in [3.05, 3.63) is 69.8 Å². The number of carbonyl (C=O) groups is 1. The Morgan fingerprint density at radius 3 is 2.57 bits per heavy atom. The molecule has 0 fully saturated rings. The SMILES string of the molecule is CC1(C)C2=C(C(=O)c3ccc(OC[C@H](O)CO)cc31)c1ccc(CO)cc1C2. The number of aliphatic hydroxyl groups excluding tert-OH is 3. The third-order valence-corrected chi connectivity index (χ3v) is 5.83. The largest absolute Gasteiger partial charge is 0.491 e. The van der Waals surface area contributed by atoms with Gasteiger partial charge in [-0.15, -0.1) is 0 Å². The van der Waals surface area contributed by atoms with Gasteiger partial charge in [-0.3, -0.25) is 4.79 Å². The topological polar surface area (TPSA) is 87.0 Å². The summed E-state index contributed by atoms with van der Waals surface area (Å²) >= 11 is 0. The molecule has 146 valence electrons. The van der Waals surface area contributed by atoms with Crippen LogP contribution in [-0.4, -0.2) is 40.4 Å². The van der Waals surface area contributed by atoms with Gasteiger partial charge in [0.15, 0.2) is 5.78 Å². The third kappa shape index (κ3) is 2.87. The molecule has 0 saturated carbocycles. The molecule has 1 atom stereocenters. The first-order chi connectivity index (χ1) is 13.4. The van der Waals surface area contributed by atoms with E-state index in [4.69, 9.17) is 9.84 Å². The molecule has 2 aromatic rings. The van der Waals surface area contributed by atoms with Crippen LogP contribution in [0.4, 0.5) is 0 Å². The van der Waals surface area contributed by atoms with Crippen LogP contribution < -0.4 is 4.74 Å². The van der Waals surface area contributed by atoms with Gasteiger partial charge in [-0.25, -0.2) is 0 Å². The van der Waals surface area contributed by atoms with Gasteiger partial charge in [0.05, 0.1) is 13.2 Å². The fourth-order valence-electron chi connectivity index (χ4n) is 4.24. The Bertz CT molecular complexity index is 986. The predicted molar refractivity (Wildman–Crippen MR) is 105 cm³/mol. The van der Waals surface area contributed by atoms with Crippen molar-refractivity contribution in [3.63, 3.8) is 0 Å². The number of aliphatic hydroxyl groups is 3. The molecule has 5 nitrogen and oxygen atoms in total. The lowest BCUT2D eigenvalue weighted by Crippen LogP contribution is -2.30. The fourth-order valence-corrected chi connectivity index (χ4v) is 4.24. The van der Waals surface area contributed by atoms with Gasteiger partial charge in [0.2, 0.25) is 0 Å². The van der Waals surface area contributed by atoms with Crippen LogP contribution in [-0.2, 0) is 18.4 Å².